The molecule has 2 heterocycles. The Labute approximate surface area is 124 Å². The molecule has 2 aliphatic rings. The van der Waals surface area contributed by atoms with Crippen LogP contribution < -0.4 is 0 Å². The highest BCUT2D eigenvalue weighted by Gasteiger charge is 2.31. The molecule has 1 aromatic rings. The van der Waals surface area contributed by atoms with Gasteiger partial charge in [0.05, 0.1) is 12.5 Å². The van der Waals surface area contributed by atoms with E-state index in [-0.39, 0.29) is 10.9 Å². The van der Waals surface area contributed by atoms with E-state index in [1.54, 1.807) is 4.90 Å². The highest BCUT2D eigenvalue weighted by Crippen LogP contribution is 2.33. The molecule has 1 aliphatic heterocycles. The number of nitrogens with one attached hydrogen (secondary N) is 1. The molecule has 0 spiro atoms. The molecule has 2 fully saturated rings. The van der Waals surface area contributed by atoms with Gasteiger partial charge in [-0.15, -0.1) is 0 Å². The van der Waals surface area contributed by atoms with Crippen LogP contribution in [0.3, 0.4) is 0 Å². The molecule has 0 atom stereocenters. The number of nitrogens with zero attached hydrogens (tertiary/aromatic N) is 3. The summed E-state index contributed by atoms with van der Waals surface area (Å²) in [5, 5.41) is 0.111. The van der Waals surface area contributed by atoms with Crippen molar-refractivity contribution in [3.8, 4) is 0 Å². The van der Waals surface area contributed by atoms with Crippen LogP contribution in [0.25, 0.3) is 0 Å². The second-order valence-electron chi connectivity index (χ2n) is 5.70. The van der Waals surface area contributed by atoms with E-state index in [0.29, 0.717) is 44.9 Å². The van der Waals surface area contributed by atoms with Crippen molar-refractivity contribution >= 4 is 15.9 Å². The van der Waals surface area contributed by atoms with Gasteiger partial charge in [0.2, 0.25) is 5.91 Å². The van der Waals surface area contributed by atoms with Crippen molar-refractivity contribution in [2.75, 3.05) is 26.2 Å². The Morgan fingerprint density at radius 1 is 1.29 bits per heavy atom. The average Bonchev–Trinajstić information content (AvgIpc) is 3.15. The molecule has 1 N–H and O–H groups in total. The third-order valence-corrected chi connectivity index (χ3v) is 5.88. The van der Waals surface area contributed by atoms with Gasteiger partial charge in [-0.25, -0.2) is 13.4 Å². The van der Waals surface area contributed by atoms with Crippen molar-refractivity contribution in [3.63, 3.8) is 0 Å². The van der Waals surface area contributed by atoms with Crippen LogP contribution in [-0.4, -0.2) is 59.7 Å². The van der Waals surface area contributed by atoms with Crippen molar-refractivity contribution in [3.05, 3.63) is 12.5 Å². The van der Waals surface area contributed by atoms with Gasteiger partial charge in [0.15, 0.2) is 5.03 Å². The Morgan fingerprint density at radius 3 is 2.76 bits per heavy atom. The first-order chi connectivity index (χ1) is 10.1. The smallest absolute Gasteiger partial charge is 0.260 e. The monoisotopic (exact) mass is 312 g/mol. The molecular weight excluding hydrogens is 292 g/mol. The maximum absolute atomic E-state index is 12.4. The number of H-pyrrole nitrogens is 1. The van der Waals surface area contributed by atoms with Gasteiger partial charge in [0, 0.05) is 32.6 Å². The van der Waals surface area contributed by atoms with E-state index in [4.69, 9.17) is 0 Å². The van der Waals surface area contributed by atoms with Gasteiger partial charge in [-0.1, -0.05) is 0 Å². The number of rotatable bonds is 4. The van der Waals surface area contributed by atoms with Crippen molar-refractivity contribution in [1.82, 2.24) is 19.2 Å². The van der Waals surface area contributed by atoms with Gasteiger partial charge in [0.25, 0.3) is 10.0 Å². The summed E-state index contributed by atoms with van der Waals surface area (Å²) in [6, 6.07) is 0. The lowest BCUT2D eigenvalue weighted by atomic mass is 10.2. The summed E-state index contributed by atoms with van der Waals surface area (Å²) in [5.41, 5.74) is 0. The highest BCUT2D eigenvalue weighted by molar-refractivity contribution is 7.89. The molecule has 1 aromatic heterocycles. The van der Waals surface area contributed by atoms with Crippen LogP contribution in [0.5, 0.6) is 0 Å². The summed E-state index contributed by atoms with van der Waals surface area (Å²) in [7, 11) is -3.52. The molecule has 21 heavy (non-hydrogen) atoms. The van der Waals surface area contributed by atoms with Gasteiger partial charge >= 0.3 is 0 Å². The Kier molecular flexibility index (Phi) is 3.99. The van der Waals surface area contributed by atoms with Crippen LogP contribution in [0.2, 0.25) is 0 Å². The SMILES string of the molecule is O=C(CC1CC1)N1CCCN(S(=O)(=O)c2cnc[nH]2)CC1. The van der Waals surface area contributed by atoms with Crippen LogP contribution in [-0.2, 0) is 14.8 Å². The third kappa shape index (κ3) is 3.26. The Bertz CT molecular complexity index is 595. The zero-order chi connectivity index (χ0) is 14.9. The molecule has 3 rings (SSSR count). The molecule has 1 amide bonds. The number of aromatic amines is 1. The minimum absolute atomic E-state index is 0.111. The first kappa shape index (κ1) is 14.5. The summed E-state index contributed by atoms with van der Waals surface area (Å²) in [6.45, 7) is 1.89. The Hall–Kier alpha value is -1.41. The lowest BCUT2D eigenvalue weighted by Crippen LogP contribution is -2.37. The normalized spacial score (nSPS) is 21.2. The summed E-state index contributed by atoms with van der Waals surface area (Å²) >= 11 is 0. The number of carbonyl (C=O) groups excluding carboxylic acids is 1. The number of hydrogen-bond donors (Lipinski definition) is 1. The van der Waals surface area contributed by atoms with Crippen molar-refractivity contribution < 1.29 is 13.2 Å². The molecule has 0 radical (unpaired) electrons. The topological polar surface area (TPSA) is 86.4 Å². The Balaban J connectivity index is 1.64. The molecule has 1 saturated heterocycles. The number of carbonyl (C=O) groups is 1. The summed E-state index contributed by atoms with van der Waals surface area (Å²) in [6.07, 6.45) is 6.27. The van der Waals surface area contributed by atoms with Gasteiger partial charge < -0.3 is 9.88 Å². The molecular formula is C13H20N4O3S. The molecule has 1 saturated carbocycles. The van der Waals surface area contributed by atoms with E-state index in [1.807, 2.05) is 0 Å². The largest absolute Gasteiger partial charge is 0.341 e. The summed E-state index contributed by atoms with van der Waals surface area (Å²) in [4.78, 5) is 20.3. The Morgan fingerprint density at radius 2 is 2.10 bits per heavy atom. The second kappa shape index (κ2) is 5.76. The maximum Gasteiger partial charge on any atom is 0.260 e. The van der Waals surface area contributed by atoms with E-state index < -0.39 is 10.0 Å². The minimum atomic E-state index is -3.52. The van der Waals surface area contributed by atoms with E-state index in [9.17, 15) is 13.2 Å². The van der Waals surface area contributed by atoms with Crippen LogP contribution >= 0.6 is 0 Å². The number of sulfonamides is 1. The van der Waals surface area contributed by atoms with Gasteiger partial charge in [-0.2, -0.15) is 4.31 Å². The lowest BCUT2D eigenvalue weighted by molar-refractivity contribution is -0.131. The number of aromatic nitrogens is 2. The van der Waals surface area contributed by atoms with Crippen molar-refractivity contribution in [2.45, 2.75) is 30.7 Å². The lowest BCUT2D eigenvalue weighted by Gasteiger charge is -2.21. The van der Waals surface area contributed by atoms with Crippen LogP contribution in [0, 0.1) is 5.92 Å². The number of amides is 1. The van der Waals surface area contributed by atoms with E-state index in [2.05, 4.69) is 9.97 Å². The molecule has 8 heteroatoms. The molecule has 7 nitrogen and oxygen atoms in total. The standard InChI is InChI=1S/C13H20N4O3S/c18-13(8-11-2-3-11)16-4-1-5-17(7-6-16)21(19,20)12-9-14-10-15-12/h9-11H,1-8H2,(H,14,15). The second-order valence-corrected chi connectivity index (χ2v) is 7.61. The van der Waals surface area contributed by atoms with E-state index in [0.717, 1.165) is 12.8 Å². The predicted octanol–water partition coefficient (Wildman–Crippen LogP) is 0.433. The van der Waals surface area contributed by atoms with Gasteiger partial charge in [-0.05, 0) is 25.2 Å². The fraction of sp³-hybridized carbons (Fsp3) is 0.692. The van der Waals surface area contributed by atoms with Crippen LogP contribution in [0.1, 0.15) is 25.7 Å². The van der Waals surface area contributed by atoms with Crippen molar-refractivity contribution in [2.24, 2.45) is 5.92 Å². The minimum Gasteiger partial charge on any atom is -0.341 e. The fourth-order valence-electron chi connectivity index (χ4n) is 2.60. The average molecular weight is 312 g/mol. The van der Waals surface area contributed by atoms with Crippen molar-refractivity contribution in [1.29, 1.82) is 0 Å². The molecule has 0 bridgehead atoms. The maximum atomic E-state index is 12.4. The molecule has 0 aromatic carbocycles. The third-order valence-electron chi connectivity index (χ3n) is 4.06. The summed E-state index contributed by atoms with van der Waals surface area (Å²) in [5.74, 6) is 0.726. The zero-order valence-electron chi connectivity index (χ0n) is 11.9. The molecule has 116 valence electrons. The van der Waals surface area contributed by atoms with Crippen LogP contribution in [0.15, 0.2) is 17.6 Å². The van der Waals surface area contributed by atoms with Gasteiger partial charge in [-0.3, -0.25) is 4.79 Å². The van der Waals surface area contributed by atoms with E-state index in [1.165, 1.54) is 16.8 Å². The molecule has 1 aliphatic carbocycles. The predicted molar refractivity (Wildman–Crippen MR) is 75.9 cm³/mol. The van der Waals surface area contributed by atoms with E-state index >= 15 is 0 Å². The number of hydrogen-bond acceptors (Lipinski definition) is 4. The van der Waals surface area contributed by atoms with Gasteiger partial charge in [0.1, 0.15) is 0 Å². The first-order valence-electron chi connectivity index (χ1n) is 7.33. The van der Waals surface area contributed by atoms with Crippen LogP contribution in [0.4, 0.5) is 0 Å². The summed E-state index contributed by atoms with van der Waals surface area (Å²) < 4.78 is 26.3. The first-order valence-corrected chi connectivity index (χ1v) is 8.77. The highest BCUT2D eigenvalue weighted by atomic mass is 32.2. The fourth-order valence-corrected chi connectivity index (χ4v) is 3.97. The number of imidazole rings is 1. The zero-order valence-corrected chi connectivity index (χ0v) is 12.7. The molecule has 0 unspecified atom stereocenters. The quantitative estimate of drug-likeness (QED) is 0.873.